The molecular weight excluding hydrogens is 895 g/mol. The summed E-state index contributed by atoms with van der Waals surface area (Å²) in [5, 5.41) is 15.6. The van der Waals surface area contributed by atoms with Gasteiger partial charge in [-0.25, -0.2) is 0 Å². The molecule has 0 fully saturated rings. The fraction of sp³-hybridized carbons (Fsp3) is 0. The molecule has 11 aromatic carbocycles. The van der Waals surface area contributed by atoms with Crippen LogP contribution in [0.2, 0.25) is 0 Å². The van der Waals surface area contributed by atoms with Crippen LogP contribution in [0, 0.1) is 0 Å². The van der Waals surface area contributed by atoms with E-state index in [9.17, 15) is 0 Å². The molecule has 0 saturated carbocycles. The maximum atomic E-state index is 2.47. The van der Waals surface area contributed by atoms with Crippen molar-refractivity contribution in [2.45, 2.75) is 0 Å². The summed E-state index contributed by atoms with van der Waals surface area (Å²) in [5.41, 5.74) is 10.6. The number of nitrogens with zero attached hydrogens (tertiary/aromatic N) is 3. The summed E-state index contributed by atoms with van der Waals surface area (Å²) in [6.07, 6.45) is 0. The maximum absolute atomic E-state index is 2.67. The molecule has 4 aromatic heterocycles. The number of hydrogen-bond donors (Lipinski definition) is 0. The van der Waals surface area contributed by atoms with Gasteiger partial charge in [-0.3, -0.25) is 0 Å². The van der Waals surface area contributed by atoms with Gasteiger partial charge >= 0.3 is 0 Å². The second kappa shape index (κ2) is 15.6. The minimum absolute atomic E-state index is 1.14. The number of thiophene rings is 1. The summed E-state index contributed by atoms with van der Waals surface area (Å²) in [6.45, 7) is 0. The first-order valence-corrected chi connectivity index (χ1v) is 27.2. The molecule has 0 aliphatic rings. The summed E-state index contributed by atoms with van der Waals surface area (Å²) in [5.74, 6) is 0. The molecule has 0 spiro atoms. The summed E-state index contributed by atoms with van der Waals surface area (Å²) >= 11 is 1.88. The number of fused-ring (bicyclic) bond motifs is 12. The number of hydrogen-bond acceptors (Lipinski definition) is 1. The highest BCUT2D eigenvalue weighted by Crippen LogP contribution is 2.42. The van der Waals surface area contributed by atoms with Crippen molar-refractivity contribution < 1.29 is 0 Å². The largest absolute Gasteiger partial charge is 0.309 e. The van der Waals surface area contributed by atoms with E-state index in [1.165, 1.54) is 106 Å². The highest BCUT2D eigenvalue weighted by atomic mass is 32.1. The lowest BCUT2D eigenvalue weighted by Crippen LogP contribution is -2.74. The van der Waals surface area contributed by atoms with Crippen LogP contribution >= 0.6 is 11.3 Å². The van der Waals surface area contributed by atoms with Crippen LogP contribution in [0.3, 0.4) is 0 Å². The summed E-state index contributed by atoms with van der Waals surface area (Å²) in [6, 6.07) is 97.4. The average molecular weight is 938 g/mol. The number of aromatic nitrogens is 3. The second-order valence-electron chi connectivity index (χ2n) is 18.8. The Bertz CT molecular complexity index is 4470. The molecule has 15 aromatic rings. The van der Waals surface area contributed by atoms with Crippen LogP contribution in [0.4, 0.5) is 0 Å². The zero-order valence-corrected chi connectivity index (χ0v) is 40.4. The normalized spacial score (nSPS) is 12.2. The minimum atomic E-state index is -2.67. The molecule has 4 heterocycles. The SMILES string of the molecule is c1ccc([Si](c2ccccc2)(c2ccccc2)c2ccc(-n3c4ccccc4c4cc(-n5c6ccccc6c6cc(-n7c8ccccc8c8cc9c(cc87)sc7ccccc79)ccc65)ccc43)cc2)cc1. The Morgan fingerprint density at radius 3 is 1.10 bits per heavy atom. The van der Waals surface area contributed by atoms with E-state index in [1.807, 2.05) is 11.3 Å². The number of para-hydroxylation sites is 3. The van der Waals surface area contributed by atoms with Gasteiger partial charge in [-0.15, -0.1) is 11.3 Å². The third-order valence-corrected chi connectivity index (χ3v) is 21.1. The Morgan fingerprint density at radius 2 is 0.592 bits per heavy atom. The van der Waals surface area contributed by atoms with E-state index in [-0.39, 0.29) is 0 Å². The van der Waals surface area contributed by atoms with E-state index < -0.39 is 8.07 Å². The van der Waals surface area contributed by atoms with Crippen LogP contribution in [0.1, 0.15) is 0 Å². The Labute approximate surface area is 415 Å². The molecule has 3 nitrogen and oxygen atoms in total. The average Bonchev–Trinajstić information content (AvgIpc) is 4.17. The van der Waals surface area contributed by atoms with Gasteiger partial charge in [0.1, 0.15) is 0 Å². The predicted molar refractivity (Wildman–Crippen MR) is 306 cm³/mol. The van der Waals surface area contributed by atoms with Crippen molar-refractivity contribution in [2.24, 2.45) is 0 Å². The quantitative estimate of drug-likeness (QED) is 0.112. The van der Waals surface area contributed by atoms with Crippen molar-refractivity contribution in [1.82, 2.24) is 13.7 Å². The minimum Gasteiger partial charge on any atom is -0.309 e. The monoisotopic (exact) mass is 937 g/mol. The first-order chi connectivity index (χ1) is 35.2. The van der Waals surface area contributed by atoms with Crippen LogP contribution in [0.25, 0.3) is 103 Å². The van der Waals surface area contributed by atoms with Gasteiger partial charge < -0.3 is 13.7 Å². The van der Waals surface area contributed by atoms with Gasteiger partial charge in [-0.2, -0.15) is 0 Å². The smallest absolute Gasteiger partial charge is 0.179 e. The van der Waals surface area contributed by atoms with Crippen LogP contribution in [-0.2, 0) is 0 Å². The molecule has 71 heavy (non-hydrogen) atoms. The van der Waals surface area contributed by atoms with Crippen molar-refractivity contribution in [2.75, 3.05) is 0 Å². The molecule has 0 aliphatic heterocycles. The number of benzene rings is 11. The zero-order valence-electron chi connectivity index (χ0n) is 38.6. The fourth-order valence-electron chi connectivity index (χ4n) is 12.1. The summed E-state index contributed by atoms with van der Waals surface area (Å²) < 4.78 is 10.0. The van der Waals surface area contributed by atoms with Crippen molar-refractivity contribution in [1.29, 1.82) is 0 Å². The van der Waals surface area contributed by atoms with Crippen LogP contribution in [0.5, 0.6) is 0 Å². The molecule has 0 saturated heterocycles. The molecule has 0 amide bonds. The van der Waals surface area contributed by atoms with Crippen LogP contribution in [0.15, 0.2) is 261 Å². The third-order valence-electron chi connectivity index (χ3n) is 15.2. The van der Waals surface area contributed by atoms with E-state index in [4.69, 9.17) is 0 Å². The second-order valence-corrected chi connectivity index (χ2v) is 23.7. The Hall–Kier alpha value is -8.74. The standard InChI is InChI=1S/C66H43N3SSi/c1-4-18-47(19-5-1)71(48-20-6-2-7-21-48,49-22-8-3-9-23-49)50-36-32-44(33-37-50)67-59-28-14-10-24-51(59)55-40-45(34-38-62(55)67)68-60-29-15-11-25-52(60)56-41-46(35-39-63(56)68)69-61-30-16-12-26-53(61)57-42-58-54-27-13-17-31-65(54)70-66(58)43-64(57)69/h1-43H. The van der Waals surface area contributed by atoms with Crippen LogP contribution < -0.4 is 20.7 Å². The first-order valence-electron chi connectivity index (χ1n) is 24.4. The van der Waals surface area contributed by atoms with E-state index >= 15 is 0 Å². The fourth-order valence-corrected chi connectivity index (χ4v) is 18.0. The third kappa shape index (κ3) is 5.88. The van der Waals surface area contributed by atoms with Gasteiger partial charge in [-0.1, -0.05) is 176 Å². The number of rotatable bonds is 7. The van der Waals surface area contributed by atoms with Gasteiger partial charge in [0.05, 0.1) is 33.1 Å². The summed E-state index contributed by atoms with van der Waals surface area (Å²) in [4.78, 5) is 0. The Morgan fingerprint density at radius 1 is 0.225 bits per heavy atom. The van der Waals surface area contributed by atoms with Crippen molar-refractivity contribution in [3.05, 3.63) is 261 Å². The maximum Gasteiger partial charge on any atom is 0.179 e. The topological polar surface area (TPSA) is 14.8 Å². The Kier molecular flexibility index (Phi) is 8.85. The highest BCUT2D eigenvalue weighted by Gasteiger charge is 2.41. The van der Waals surface area contributed by atoms with E-state index in [0.29, 0.717) is 0 Å². The van der Waals surface area contributed by atoms with Gasteiger partial charge in [0.2, 0.25) is 0 Å². The van der Waals surface area contributed by atoms with Gasteiger partial charge in [-0.05, 0) is 106 Å². The Balaban J connectivity index is 0.887. The molecule has 332 valence electrons. The van der Waals surface area contributed by atoms with Gasteiger partial charge in [0, 0.05) is 69.6 Å². The lowest BCUT2D eigenvalue weighted by molar-refractivity contribution is 1.16. The lowest BCUT2D eigenvalue weighted by atomic mass is 10.1. The molecule has 15 rings (SSSR count). The van der Waals surface area contributed by atoms with Crippen molar-refractivity contribution >= 4 is 126 Å². The zero-order chi connectivity index (χ0) is 46.6. The highest BCUT2D eigenvalue weighted by molar-refractivity contribution is 7.26. The van der Waals surface area contributed by atoms with E-state index in [0.717, 1.165) is 17.1 Å². The van der Waals surface area contributed by atoms with Crippen molar-refractivity contribution in [3.8, 4) is 17.1 Å². The summed E-state index contributed by atoms with van der Waals surface area (Å²) in [7, 11) is -2.67. The molecular formula is C66H43N3SSi. The van der Waals surface area contributed by atoms with Gasteiger partial charge in [0.25, 0.3) is 0 Å². The molecule has 5 heteroatoms. The molecule has 0 bridgehead atoms. The molecule has 0 N–H and O–H groups in total. The molecule has 0 unspecified atom stereocenters. The predicted octanol–water partition coefficient (Wildman–Crippen LogP) is 14.7. The molecule has 0 radical (unpaired) electrons. The lowest BCUT2D eigenvalue weighted by Gasteiger charge is -2.34. The van der Waals surface area contributed by atoms with Crippen LogP contribution in [-0.4, -0.2) is 21.8 Å². The molecule has 0 atom stereocenters. The van der Waals surface area contributed by atoms with E-state index in [1.54, 1.807) is 0 Å². The van der Waals surface area contributed by atoms with Crippen molar-refractivity contribution in [3.63, 3.8) is 0 Å². The molecule has 0 aliphatic carbocycles. The first kappa shape index (κ1) is 40.2. The van der Waals surface area contributed by atoms with Gasteiger partial charge in [0.15, 0.2) is 8.07 Å². The van der Waals surface area contributed by atoms with E-state index in [2.05, 4.69) is 275 Å².